The predicted molar refractivity (Wildman–Crippen MR) is 70.1 cm³/mol. The maximum absolute atomic E-state index is 12.0. The summed E-state index contributed by atoms with van der Waals surface area (Å²) in [5.41, 5.74) is 8.13. The van der Waals surface area contributed by atoms with E-state index in [2.05, 4.69) is 4.74 Å². The Morgan fingerprint density at radius 2 is 1.58 bits per heavy atom. The van der Waals surface area contributed by atoms with Crippen LogP contribution in [-0.4, -0.2) is 6.61 Å². The van der Waals surface area contributed by atoms with E-state index in [0.29, 0.717) is 6.42 Å². The van der Waals surface area contributed by atoms with Crippen LogP contribution in [0.25, 0.3) is 0 Å². The molecule has 1 atom stereocenters. The number of hydrogen-bond donors (Lipinski definition) is 1. The predicted octanol–water partition coefficient (Wildman–Crippen LogP) is 3.53. The summed E-state index contributed by atoms with van der Waals surface area (Å²) in [7, 11) is 0. The average Bonchev–Trinajstić information content (AvgIpc) is 2.41. The first-order chi connectivity index (χ1) is 9.15. The van der Waals surface area contributed by atoms with E-state index in [1.54, 1.807) is 12.1 Å². The number of ether oxygens (including phenoxy) is 1. The van der Waals surface area contributed by atoms with Crippen LogP contribution in [0.4, 0.5) is 8.78 Å². The van der Waals surface area contributed by atoms with Gasteiger partial charge in [-0.1, -0.05) is 42.5 Å². The normalized spacial score (nSPS) is 12.4. The molecular formula is C15H15F2NO. The lowest BCUT2D eigenvalue weighted by Gasteiger charge is -2.12. The van der Waals surface area contributed by atoms with E-state index in [9.17, 15) is 8.78 Å². The first-order valence-corrected chi connectivity index (χ1v) is 5.99. The molecule has 0 radical (unpaired) electrons. The third-order valence-electron chi connectivity index (χ3n) is 2.83. The van der Waals surface area contributed by atoms with Crippen molar-refractivity contribution in [1.29, 1.82) is 0 Å². The molecule has 2 nitrogen and oxygen atoms in total. The van der Waals surface area contributed by atoms with Gasteiger partial charge < -0.3 is 10.5 Å². The van der Waals surface area contributed by atoms with Gasteiger partial charge in [0.2, 0.25) is 0 Å². The van der Waals surface area contributed by atoms with Gasteiger partial charge in [-0.25, -0.2) is 0 Å². The van der Waals surface area contributed by atoms with Crippen molar-refractivity contribution in [3.63, 3.8) is 0 Å². The standard InChI is InChI=1S/C15H15F2NO/c16-15(17)19-13-8-6-11(7-9-13)10-14(18)12-4-2-1-3-5-12/h1-9,14-15H,10,18H2. The molecule has 0 fully saturated rings. The lowest BCUT2D eigenvalue weighted by atomic mass is 10.00. The van der Waals surface area contributed by atoms with Crippen molar-refractivity contribution in [3.05, 3.63) is 65.7 Å². The van der Waals surface area contributed by atoms with E-state index in [0.717, 1.165) is 11.1 Å². The van der Waals surface area contributed by atoms with Gasteiger partial charge in [-0.3, -0.25) is 0 Å². The van der Waals surface area contributed by atoms with Crippen molar-refractivity contribution in [1.82, 2.24) is 0 Å². The first kappa shape index (κ1) is 13.5. The highest BCUT2D eigenvalue weighted by molar-refractivity contribution is 5.29. The Kier molecular flexibility index (Phi) is 4.47. The van der Waals surface area contributed by atoms with Crippen LogP contribution in [0, 0.1) is 0 Å². The summed E-state index contributed by atoms with van der Waals surface area (Å²) >= 11 is 0. The van der Waals surface area contributed by atoms with Gasteiger partial charge in [0.1, 0.15) is 5.75 Å². The molecule has 0 bridgehead atoms. The summed E-state index contributed by atoms with van der Waals surface area (Å²) in [4.78, 5) is 0. The Balaban J connectivity index is 1.99. The smallest absolute Gasteiger partial charge is 0.387 e. The van der Waals surface area contributed by atoms with Crippen molar-refractivity contribution in [2.24, 2.45) is 5.73 Å². The lowest BCUT2D eigenvalue weighted by molar-refractivity contribution is -0.0498. The van der Waals surface area contributed by atoms with Crippen LogP contribution >= 0.6 is 0 Å². The fourth-order valence-corrected chi connectivity index (χ4v) is 1.88. The highest BCUT2D eigenvalue weighted by Crippen LogP contribution is 2.19. The zero-order valence-electron chi connectivity index (χ0n) is 10.3. The van der Waals surface area contributed by atoms with Gasteiger partial charge in [-0.15, -0.1) is 0 Å². The second kappa shape index (κ2) is 6.29. The van der Waals surface area contributed by atoms with Crippen LogP contribution in [0.5, 0.6) is 5.75 Å². The number of benzene rings is 2. The van der Waals surface area contributed by atoms with Crippen LogP contribution in [-0.2, 0) is 6.42 Å². The number of alkyl halides is 2. The molecular weight excluding hydrogens is 248 g/mol. The zero-order chi connectivity index (χ0) is 13.7. The molecule has 0 saturated heterocycles. The van der Waals surface area contributed by atoms with E-state index in [1.807, 2.05) is 30.3 Å². The van der Waals surface area contributed by atoms with Crippen LogP contribution in [0.2, 0.25) is 0 Å². The summed E-state index contributed by atoms with van der Waals surface area (Å²) in [6, 6.07) is 16.2. The molecule has 2 aromatic carbocycles. The molecule has 0 aliphatic heterocycles. The van der Waals surface area contributed by atoms with Gasteiger partial charge in [0.15, 0.2) is 0 Å². The third-order valence-corrected chi connectivity index (χ3v) is 2.83. The van der Waals surface area contributed by atoms with E-state index >= 15 is 0 Å². The molecule has 0 spiro atoms. The Hall–Kier alpha value is -1.94. The molecule has 19 heavy (non-hydrogen) atoms. The number of halogens is 2. The lowest BCUT2D eigenvalue weighted by Crippen LogP contribution is -2.13. The van der Waals surface area contributed by atoms with Gasteiger partial charge in [0, 0.05) is 6.04 Å². The van der Waals surface area contributed by atoms with Crippen molar-refractivity contribution < 1.29 is 13.5 Å². The van der Waals surface area contributed by atoms with E-state index in [4.69, 9.17) is 5.73 Å². The number of hydrogen-bond acceptors (Lipinski definition) is 2. The Morgan fingerprint density at radius 1 is 0.947 bits per heavy atom. The Bertz CT molecular complexity index is 499. The molecule has 0 aliphatic carbocycles. The molecule has 4 heteroatoms. The van der Waals surface area contributed by atoms with Gasteiger partial charge >= 0.3 is 6.61 Å². The van der Waals surface area contributed by atoms with Crippen molar-refractivity contribution >= 4 is 0 Å². The summed E-state index contributed by atoms with van der Waals surface area (Å²) in [5, 5.41) is 0. The molecule has 0 saturated carbocycles. The maximum atomic E-state index is 12.0. The Labute approximate surface area is 110 Å². The molecule has 0 aliphatic rings. The zero-order valence-corrected chi connectivity index (χ0v) is 10.3. The average molecular weight is 263 g/mol. The summed E-state index contributed by atoms with van der Waals surface area (Å²) in [6.07, 6.45) is 0.652. The second-order valence-electron chi connectivity index (χ2n) is 4.24. The van der Waals surface area contributed by atoms with Gasteiger partial charge in [0.25, 0.3) is 0 Å². The number of rotatable bonds is 5. The second-order valence-corrected chi connectivity index (χ2v) is 4.24. The molecule has 0 amide bonds. The molecule has 2 N–H and O–H groups in total. The van der Waals surface area contributed by atoms with Crippen LogP contribution in [0.3, 0.4) is 0 Å². The molecule has 2 rings (SSSR count). The molecule has 1 unspecified atom stereocenters. The topological polar surface area (TPSA) is 35.2 Å². The van der Waals surface area contributed by atoms with Crippen LogP contribution < -0.4 is 10.5 Å². The minimum Gasteiger partial charge on any atom is -0.435 e. The molecule has 2 aromatic rings. The largest absolute Gasteiger partial charge is 0.435 e. The molecule has 0 heterocycles. The summed E-state index contributed by atoms with van der Waals surface area (Å²) in [5.74, 6) is 0.159. The van der Waals surface area contributed by atoms with Crippen molar-refractivity contribution in [3.8, 4) is 5.75 Å². The number of nitrogens with two attached hydrogens (primary N) is 1. The van der Waals surface area contributed by atoms with E-state index < -0.39 is 6.61 Å². The van der Waals surface area contributed by atoms with Crippen molar-refractivity contribution in [2.75, 3.05) is 0 Å². The monoisotopic (exact) mass is 263 g/mol. The van der Waals surface area contributed by atoms with E-state index in [-0.39, 0.29) is 11.8 Å². The van der Waals surface area contributed by atoms with E-state index in [1.165, 1.54) is 12.1 Å². The van der Waals surface area contributed by atoms with Gasteiger partial charge in [-0.2, -0.15) is 8.78 Å². The van der Waals surface area contributed by atoms with Crippen LogP contribution in [0.15, 0.2) is 54.6 Å². The minimum atomic E-state index is -2.79. The third kappa shape index (κ3) is 4.03. The van der Waals surface area contributed by atoms with Gasteiger partial charge in [-0.05, 0) is 29.7 Å². The summed E-state index contributed by atoms with van der Waals surface area (Å²) < 4.78 is 28.3. The fourth-order valence-electron chi connectivity index (χ4n) is 1.88. The quantitative estimate of drug-likeness (QED) is 0.895. The first-order valence-electron chi connectivity index (χ1n) is 5.99. The SMILES string of the molecule is NC(Cc1ccc(OC(F)F)cc1)c1ccccc1. The maximum Gasteiger partial charge on any atom is 0.387 e. The Morgan fingerprint density at radius 3 is 2.16 bits per heavy atom. The van der Waals surface area contributed by atoms with Gasteiger partial charge in [0.05, 0.1) is 0 Å². The minimum absolute atomic E-state index is 0.108. The highest BCUT2D eigenvalue weighted by atomic mass is 19.3. The molecule has 0 aromatic heterocycles. The van der Waals surface area contributed by atoms with Crippen molar-refractivity contribution in [2.45, 2.75) is 19.1 Å². The summed E-state index contributed by atoms with van der Waals surface area (Å²) in [6.45, 7) is -2.79. The fraction of sp³-hybridized carbons (Fsp3) is 0.200. The van der Waals surface area contributed by atoms with Crippen LogP contribution in [0.1, 0.15) is 17.2 Å². The highest BCUT2D eigenvalue weighted by Gasteiger charge is 2.08. The molecule has 100 valence electrons.